The summed E-state index contributed by atoms with van der Waals surface area (Å²) in [6, 6.07) is 0. The lowest BCUT2D eigenvalue weighted by Crippen LogP contribution is -2.46. The summed E-state index contributed by atoms with van der Waals surface area (Å²) in [5, 5.41) is 0. The second-order valence-electron chi connectivity index (χ2n) is 3.22. The zero-order valence-electron chi connectivity index (χ0n) is 8.49. The minimum Gasteiger partial charge on any atom is -0.232 e. The molecule has 0 radical (unpaired) electrons. The van der Waals surface area contributed by atoms with Crippen molar-refractivity contribution in [1.82, 2.24) is 0 Å². The minimum absolute atomic E-state index is 4.20. The van der Waals surface area contributed by atoms with Gasteiger partial charge in [0.25, 0.3) is 0 Å². The molecule has 13 heteroatoms. The van der Waals surface area contributed by atoms with E-state index in [-0.39, 0.29) is 0 Å². The van der Waals surface area contributed by atoms with Gasteiger partial charge in [-0.1, -0.05) is 0 Å². The Morgan fingerprint density at radius 1 is 0.650 bits per heavy atom. The highest BCUT2D eigenvalue weighted by Gasteiger charge is 2.68. The van der Waals surface area contributed by atoms with Gasteiger partial charge in [-0.2, -0.15) is 43.9 Å². The quantitative estimate of drug-likeness (QED) is 0.647. The molecule has 0 fully saturated rings. The van der Waals surface area contributed by atoms with Crippen LogP contribution in [0.25, 0.3) is 0 Å². The van der Waals surface area contributed by atoms with E-state index in [2.05, 4.69) is 0 Å². The van der Waals surface area contributed by atoms with Crippen molar-refractivity contribution in [1.29, 1.82) is 0 Å². The molecule has 20 heavy (non-hydrogen) atoms. The van der Waals surface area contributed by atoms with Crippen LogP contribution in [0.5, 0.6) is 0 Å². The van der Waals surface area contributed by atoms with Gasteiger partial charge in [-0.05, 0) is 0 Å². The monoisotopic (exact) mass is 332 g/mol. The van der Waals surface area contributed by atoms with Crippen LogP contribution in [0.2, 0.25) is 0 Å². The molecule has 0 aliphatic rings. The first-order valence-corrected chi connectivity index (χ1v) is 4.06. The fourth-order valence-corrected chi connectivity index (χ4v) is 0.689. The average molecular weight is 332 g/mol. The van der Waals surface area contributed by atoms with Crippen molar-refractivity contribution in [3.8, 4) is 0 Å². The van der Waals surface area contributed by atoms with Crippen LogP contribution in [0.15, 0.2) is 11.7 Å². The van der Waals surface area contributed by atoms with E-state index in [4.69, 9.17) is 0 Å². The summed E-state index contributed by atoms with van der Waals surface area (Å²) < 4.78 is 155. The Balaban J connectivity index is 5.76. The maximum Gasteiger partial charge on any atom is 0.460 e. The highest BCUT2D eigenvalue weighted by Crippen LogP contribution is 2.47. The largest absolute Gasteiger partial charge is 0.460 e. The molecule has 0 saturated heterocycles. The Labute approximate surface area is 100 Å². The number of hydrogen-bond donors (Lipinski definition) is 0. The van der Waals surface area contributed by atoms with Gasteiger partial charge >= 0.3 is 24.2 Å². The third-order valence-corrected chi connectivity index (χ3v) is 1.76. The molecule has 0 aromatic rings. The van der Waals surface area contributed by atoms with Gasteiger partial charge in [0.2, 0.25) is 12.0 Å². The van der Waals surface area contributed by atoms with Gasteiger partial charge in [-0.3, -0.25) is 0 Å². The van der Waals surface area contributed by atoms with Gasteiger partial charge < -0.3 is 0 Å². The Morgan fingerprint density at radius 2 is 1.00 bits per heavy atom. The average Bonchev–Trinajstić information content (AvgIpc) is 2.22. The molecule has 0 aromatic carbocycles. The molecule has 120 valence electrons. The van der Waals surface area contributed by atoms with Crippen LogP contribution in [0, 0.1) is 0 Å². The zero-order valence-corrected chi connectivity index (χ0v) is 8.49. The van der Waals surface area contributed by atoms with Crippen molar-refractivity contribution in [3.05, 3.63) is 11.7 Å². The number of halogens is 13. The summed E-state index contributed by atoms with van der Waals surface area (Å²) in [5.41, 5.74) is 0. The highest BCUT2D eigenvalue weighted by atomic mass is 19.4. The van der Waals surface area contributed by atoms with E-state index in [1.807, 2.05) is 0 Å². The van der Waals surface area contributed by atoms with Crippen molar-refractivity contribution >= 4 is 0 Å². The van der Waals surface area contributed by atoms with Gasteiger partial charge in [-0.25, -0.2) is 13.2 Å². The van der Waals surface area contributed by atoms with Gasteiger partial charge in [0.05, 0.1) is 0 Å². The van der Waals surface area contributed by atoms with Crippen molar-refractivity contribution in [2.24, 2.45) is 0 Å². The minimum atomic E-state index is -6.86. The molecule has 0 bridgehead atoms. The number of rotatable bonds is 3. The molecule has 0 heterocycles. The molecule has 0 spiro atoms. The summed E-state index contributed by atoms with van der Waals surface area (Å²) in [5.74, 6) is -22.1. The fraction of sp³-hybridized carbons (Fsp3) is 0.714. The molecule has 1 unspecified atom stereocenters. The fourth-order valence-electron chi connectivity index (χ4n) is 0.689. The third kappa shape index (κ3) is 3.11. The summed E-state index contributed by atoms with van der Waals surface area (Å²) in [6.07, 6.45) is -19.1. The SMILES string of the molecule is FC(=C(F)C(F)(F)C(F)(F)F)C(F)C(F)(F)C(F)(F)F. The molecular weight excluding hydrogens is 331 g/mol. The molecule has 0 amide bonds. The third-order valence-electron chi connectivity index (χ3n) is 1.76. The van der Waals surface area contributed by atoms with E-state index >= 15 is 0 Å². The van der Waals surface area contributed by atoms with Crippen LogP contribution in [0.1, 0.15) is 0 Å². The van der Waals surface area contributed by atoms with Gasteiger partial charge in [0, 0.05) is 0 Å². The number of hydrogen-bond acceptors (Lipinski definition) is 0. The van der Waals surface area contributed by atoms with Crippen molar-refractivity contribution in [2.75, 3.05) is 0 Å². The maximum atomic E-state index is 12.4. The second kappa shape index (κ2) is 4.98. The van der Waals surface area contributed by atoms with E-state index in [1.165, 1.54) is 0 Å². The first-order valence-electron chi connectivity index (χ1n) is 4.06. The molecule has 0 rings (SSSR count). The predicted molar refractivity (Wildman–Crippen MR) is 36.1 cm³/mol. The first-order chi connectivity index (χ1) is 8.48. The van der Waals surface area contributed by atoms with Gasteiger partial charge in [0.15, 0.2) is 5.83 Å². The van der Waals surface area contributed by atoms with E-state index in [0.29, 0.717) is 0 Å². The van der Waals surface area contributed by atoms with Crippen LogP contribution < -0.4 is 0 Å². The molecular formula is C7HF13. The normalized spacial score (nSPS) is 17.9. The summed E-state index contributed by atoms with van der Waals surface area (Å²) >= 11 is 0. The maximum absolute atomic E-state index is 12.4. The van der Waals surface area contributed by atoms with Gasteiger partial charge in [-0.15, -0.1) is 0 Å². The second-order valence-corrected chi connectivity index (χ2v) is 3.22. The lowest BCUT2D eigenvalue weighted by atomic mass is 10.1. The smallest absolute Gasteiger partial charge is 0.232 e. The summed E-state index contributed by atoms with van der Waals surface area (Å²) in [4.78, 5) is 0. The van der Waals surface area contributed by atoms with Crippen molar-refractivity contribution in [2.45, 2.75) is 30.4 Å². The van der Waals surface area contributed by atoms with Gasteiger partial charge in [0.1, 0.15) is 0 Å². The van der Waals surface area contributed by atoms with Crippen molar-refractivity contribution < 1.29 is 57.1 Å². The number of allylic oxidation sites excluding steroid dienone is 2. The summed E-state index contributed by atoms with van der Waals surface area (Å²) in [7, 11) is 0. The molecule has 1 atom stereocenters. The Morgan fingerprint density at radius 3 is 1.25 bits per heavy atom. The van der Waals surface area contributed by atoms with Crippen LogP contribution >= 0.6 is 0 Å². The van der Waals surface area contributed by atoms with Crippen LogP contribution in [0.3, 0.4) is 0 Å². The topological polar surface area (TPSA) is 0 Å². The molecule has 0 N–H and O–H groups in total. The highest BCUT2D eigenvalue weighted by molar-refractivity contribution is 5.18. The molecule has 0 saturated carbocycles. The molecule has 0 nitrogen and oxygen atoms in total. The predicted octanol–water partition coefficient (Wildman–Crippen LogP) is 4.87. The standard InChI is InChI=1S/C7HF13/c8-1(2(9)4(11,12)6(15,16)17)3(10)5(13,14)7(18,19)20/h2H. The molecule has 0 aliphatic heterocycles. The van der Waals surface area contributed by atoms with E-state index < -0.39 is 42.0 Å². The molecule has 0 aliphatic carbocycles. The van der Waals surface area contributed by atoms with E-state index in [9.17, 15) is 57.1 Å². The lowest BCUT2D eigenvalue weighted by molar-refractivity contribution is -0.301. The van der Waals surface area contributed by atoms with E-state index in [1.54, 1.807) is 0 Å². The Kier molecular flexibility index (Phi) is 4.69. The van der Waals surface area contributed by atoms with Crippen molar-refractivity contribution in [3.63, 3.8) is 0 Å². The van der Waals surface area contributed by atoms with E-state index in [0.717, 1.165) is 0 Å². The first kappa shape index (κ1) is 18.8. The van der Waals surface area contributed by atoms with Crippen LogP contribution in [-0.2, 0) is 0 Å². The van der Waals surface area contributed by atoms with Crippen LogP contribution in [0.4, 0.5) is 57.1 Å². The van der Waals surface area contributed by atoms with Crippen LogP contribution in [-0.4, -0.2) is 30.4 Å². The zero-order chi connectivity index (χ0) is 16.7. The summed E-state index contributed by atoms with van der Waals surface area (Å²) in [6.45, 7) is 0. The Bertz CT molecular complexity index is 383. The molecule has 0 aromatic heterocycles. The Hall–Kier alpha value is -1.17. The lowest BCUT2D eigenvalue weighted by Gasteiger charge is -2.24. The number of alkyl halides is 11.